The minimum Gasteiger partial charge on any atom is -0.469 e. The van der Waals surface area contributed by atoms with Gasteiger partial charge in [-0.1, -0.05) is 19.9 Å². The molecule has 1 unspecified atom stereocenters. The number of rotatable bonds is 1. The summed E-state index contributed by atoms with van der Waals surface area (Å²) >= 11 is 6.53. The summed E-state index contributed by atoms with van der Waals surface area (Å²) in [6.45, 7) is 6.31. The maximum atomic E-state index is 5.45. The highest BCUT2D eigenvalue weighted by Gasteiger charge is 2.29. The molecule has 3 heteroatoms. The molecule has 62 valence electrons. The molecule has 1 aliphatic heterocycles. The Bertz CT molecular complexity index is 196. The van der Waals surface area contributed by atoms with E-state index in [1.165, 1.54) is 4.91 Å². The van der Waals surface area contributed by atoms with Gasteiger partial charge in [-0.15, -0.1) is 0 Å². The van der Waals surface area contributed by atoms with Gasteiger partial charge in [-0.3, -0.25) is 0 Å². The van der Waals surface area contributed by atoms with Crippen molar-refractivity contribution >= 4 is 28.4 Å². The average Bonchev–Trinajstić information content (AvgIpc) is 2.30. The lowest BCUT2D eigenvalue weighted by Gasteiger charge is -2.13. The van der Waals surface area contributed by atoms with E-state index in [1.54, 1.807) is 11.8 Å². The van der Waals surface area contributed by atoms with Crippen molar-refractivity contribution in [2.75, 3.05) is 0 Å². The largest absolute Gasteiger partial charge is 0.469 e. The minimum atomic E-state index is 0.206. The third kappa shape index (κ3) is 1.97. The van der Waals surface area contributed by atoms with E-state index in [-0.39, 0.29) is 6.10 Å². The molecule has 0 N–H and O–H groups in total. The van der Waals surface area contributed by atoms with Crippen molar-refractivity contribution in [2.45, 2.75) is 26.9 Å². The Morgan fingerprint density at radius 3 is 2.64 bits per heavy atom. The summed E-state index contributed by atoms with van der Waals surface area (Å²) in [6, 6.07) is 0. The predicted octanol–water partition coefficient (Wildman–Crippen LogP) is 2.96. The maximum absolute atomic E-state index is 5.45. The molecule has 1 aliphatic rings. The number of thioether (sulfide) groups is 1. The first-order valence-electron chi connectivity index (χ1n) is 3.69. The molecular weight excluding hydrogens is 176 g/mol. The standard InChI is InChI=1S/C8H12OS2/c1-4-6-7(5(2)3)9-8(10)11-6/h4-5,7H,1-3H3/b6-4+. The molecule has 11 heavy (non-hydrogen) atoms. The summed E-state index contributed by atoms with van der Waals surface area (Å²) in [5, 5.41) is 0. The molecule has 0 saturated carbocycles. The Labute approximate surface area is 77.2 Å². The van der Waals surface area contributed by atoms with Crippen LogP contribution >= 0.6 is 24.0 Å². The van der Waals surface area contributed by atoms with Gasteiger partial charge in [-0.2, -0.15) is 0 Å². The molecule has 0 aromatic rings. The Balaban J connectivity index is 2.73. The van der Waals surface area contributed by atoms with Crippen LogP contribution < -0.4 is 0 Å². The molecule has 1 nitrogen and oxygen atoms in total. The van der Waals surface area contributed by atoms with Gasteiger partial charge >= 0.3 is 0 Å². The van der Waals surface area contributed by atoms with Crippen molar-refractivity contribution < 1.29 is 4.74 Å². The Hall–Kier alpha value is -0.0200. The van der Waals surface area contributed by atoms with Gasteiger partial charge in [0, 0.05) is 4.91 Å². The smallest absolute Gasteiger partial charge is 0.225 e. The summed E-state index contributed by atoms with van der Waals surface area (Å²) in [4.78, 5) is 1.25. The molecular formula is C8H12OS2. The average molecular weight is 188 g/mol. The number of thiocarbonyl (C=S) groups is 1. The zero-order valence-electron chi connectivity index (χ0n) is 6.96. The molecule has 0 bridgehead atoms. The molecule has 1 saturated heterocycles. The van der Waals surface area contributed by atoms with E-state index in [9.17, 15) is 0 Å². The number of allylic oxidation sites excluding steroid dienone is 1. The Morgan fingerprint density at radius 1 is 1.64 bits per heavy atom. The van der Waals surface area contributed by atoms with Gasteiger partial charge in [-0.25, -0.2) is 0 Å². The highest BCUT2D eigenvalue weighted by Crippen LogP contribution is 2.35. The van der Waals surface area contributed by atoms with Crippen LogP contribution in [0.4, 0.5) is 0 Å². The van der Waals surface area contributed by atoms with Crippen molar-refractivity contribution in [2.24, 2.45) is 5.92 Å². The van der Waals surface area contributed by atoms with Crippen LogP contribution in [-0.2, 0) is 4.74 Å². The Kier molecular flexibility index (Phi) is 2.96. The van der Waals surface area contributed by atoms with Crippen molar-refractivity contribution in [3.63, 3.8) is 0 Å². The molecule has 0 aromatic carbocycles. The molecule has 0 radical (unpaired) electrons. The highest BCUT2D eigenvalue weighted by molar-refractivity contribution is 8.25. The third-order valence-corrected chi connectivity index (χ3v) is 2.91. The first-order valence-corrected chi connectivity index (χ1v) is 4.92. The molecule has 0 amide bonds. The Morgan fingerprint density at radius 2 is 2.27 bits per heavy atom. The van der Waals surface area contributed by atoms with Crippen LogP contribution in [0.5, 0.6) is 0 Å². The summed E-state index contributed by atoms with van der Waals surface area (Å²) in [7, 11) is 0. The molecule has 1 atom stereocenters. The van der Waals surface area contributed by atoms with E-state index in [0.29, 0.717) is 10.3 Å². The van der Waals surface area contributed by atoms with Gasteiger partial charge in [0.15, 0.2) is 0 Å². The number of ether oxygens (including phenoxy) is 1. The number of hydrogen-bond donors (Lipinski definition) is 0. The van der Waals surface area contributed by atoms with Crippen molar-refractivity contribution in [1.82, 2.24) is 0 Å². The second-order valence-corrected chi connectivity index (χ2v) is 4.50. The van der Waals surface area contributed by atoms with Crippen LogP contribution in [0.25, 0.3) is 0 Å². The summed E-state index contributed by atoms with van der Waals surface area (Å²) < 4.78 is 6.12. The third-order valence-electron chi connectivity index (χ3n) is 1.59. The lowest BCUT2D eigenvalue weighted by atomic mass is 10.1. The van der Waals surface area contributed by atoms with E-state index in [0.717, 1.165) is 0 Å². The van der Waals surface area contributed by atoms with Crippen LogP contribution in [0.15, 0.2) is 11.0 Å². The zero-order chi connectivity index (χ0) is 8.43. The molecule has 1 heterocycles. The molecule has 0 spiro atoms. The van der Waals surface area contributed by atoms with Gasteiger partial charge in [-0.05, 0) is 36.8 Å². The van der Waals surface area contributed by atoms with E-state index in [1.807, 2.05) is 6.92 Å². The van der Waals surface area contributed by atoms with E-state index in [4.69, 9.17) is 17.0 Å². The van der Waals surface area contributed by atoms with Crippen molar-refractivity contribution in [3.8, 4) is 0 Å². The fraction of sp³-hybridized carbons (Fsp3) is 0.625. The molecule has 0 aliphatic carbocycles. The van der Waals surface area contributed by atoms with Gasteiger partial charge in [0.05, 0.1) is 0 Å². The van der Waals surface area contributed by atoms with Gasteiger partial charge in [0.25, 0.3) is 0 Å². The van der Waals surface area contributed by atoms with Gasteiger partial charge in [0.1, 0.15) is 6.10 Å². The SMILES string of the molecule is C/C=C1/SC(=S)OC1C(C)C. The van der Waals surface area contributed by atoms with Crippen molar-refractivity contribution in [1.29, 1.82) is 0 Å². The van der Waals surface area contributed by atoms with Crippen LogP contribution in [0.2, 0.25) is 0 Å². The fourth-order valence-electron chi connectivity index (χ4n) is 1.03. The monoisotopic (exact) mass is 188 g/mol. The van der Waals surface area contributed by atoms with Gasteiger partial charge < -0.3 is 4.74 Å². The van der Waals surface area contributed by atoms with E-state index >= 15 is 0 Å². The lowest BCUT2D eigenvalue weighted by molar-refractivity contribution is 0.200. The first-order chi connectivity index (χ1) is 5.15. The topological polar surface area (TPSA) is 9.23 Å². The van der Waals surface area contributed by atoms with Crippen LogP contribution in [0.1, 0.15) is 20.8 Å². The summed E-state index contributed by atoms with van der Waals surface area (Å²) in [5.41, 5.74) is 0. The quantitative estimate of drug-likeness (QED) is 0.585. The minimum absolute atomic E-state index is 0.206. The van der Waals surface area contributed by atoms with E-state index in [2.05, 4.69) is 19.9 Å². The molecule has 0 aromatic heterocycles. The van der Waals surface area contributed by atoms with Gasteiger partial charge in [0.2, 0.25) is 4.38 Å². The van der Waals surface area contributed by atoms with Crippen LogP contribution in [0.3, 0.4) is 0 Å². The highest BCUT2D eigenvalue weighted by atomic mass is 32.2. The second kappa shape index (κ2) is 3.59. The summed E-state index contributed by atoms with van der Waals surface area (Å²) in [6.07, 6.45) is 2.28. The predicted molar refractivity (Wildman–Crippen MR) is 53.7 cm³/mol. The van der Waals surface area contributed by atoms with E-state index < -0.39 is 0 Å². The van der Waals surface area contributed by atoms with Crippen LogP contribution in [0, 0.1) is 5.92 Å². The first kappa shape index (κ1) is 9.07. The fourth-order valence-corrected chi connectivity index (χ4v) is 2.32. The normalized spacial score (nSPS) is 28.2. The number of hydrogen-bond acceptors (Lipinski definition) is 3. The lowest BCUT2D eigenvalue weighted by Crippen LogP contribution is -2.15. The zero-order valence-corrected chi connectivity index (χ0v) is 8.59. The van der Waals surface area contributed by atoms with Crippen molar-refractivity contribution in [3.05, 3.63) is 11.0 Å². The maximum Gasteiger partial charge on any atom is 0.225 e. The second-order valence-electron chi connectivity index (χ2n) is 2.83. The molecule has 1 fully saturated rings. The molecule has 1 rings (SSSR count). The van der Waals surface area contributed by atoms with Crippen LogP contribution in [-0.4, -0.2) is 10.5 Å². The summed E-state index contributed by atoms with van der Waals surface area (Å²) in [5.74, 6) is 0.508.